The van der Waals surface area contributed by atoms with Crippen LogP contribution in [0.4, 0.5) is 10.2 Å². The number of aryl methyl sites for hydroxylation is 1. The predicted octanol–water partition coefficient (Wildman–Crippen LogP) is 2.93. The summed E-state index contributed by atoms with van der Waals surface area (Å²) < 4.78 is 15.1. The molecule has 0 saturated carbocycles. The van der Waals surface area contributed by atoms with E-state index in [1.54, 1.807) is 18.5 Å². The Balaban J connectivity index is 1.39. The number of halogens is 2. The van der Waals surface area contributed by atoms with Gasteiger partial charge in [0.1, 0.15) is 17.8 Å². The average Bonchev–Trinajstić information content (AvgIpc) is 3.15. The highest BCUT2D eigenvalue weighted by Gasteiger charge is 2.36. The van der Waals surface area contributed by atoms with Gasteiger partial charge >= 0.3 is 0 Å². The molecular formula is C22H29ClFN5O. The van der Waals surface area contributed by atoms with Gasteiger partial charge in [0.15, 0.2) is 0 Å². The second kappa shape index (κ2) is 8.63. The molecule has 2 N–H and O–H groups in total. The lowest BCUT2D eigenvalue weighted by Gasteiger charge is -2.38. The number of piperazine rings is 1. The molecular weight excluding hydrogens is 405 g/mol. The number of carbonyl (C=O) groups is 1. The number of hydrogen-bond donors (Lipinski definition) is 1. The quantitative estimate of drug-likeness (QED) is 0.772. The number of hydrogen-bond acceptors (Lipinski definition) is 5. The highest BCUT2D eigenvalue weighted by molar-refractivity contribution is 6.31. The molecule has 4 rings (SSSR count). The van der Waals surface area contributed by atoms with Crippen molar-refractivity contribution < 1.29 is 9.18 Å². The lowest BCUT2D eigenvalue weighted by atomic mass is 9.86. The zero-order chi connectivity index (χ0) is 21.3. The van der Waals surface area contributed by atoms with Crippen molar-refractivity contribution in [1.29, 1.82) is 0 Å². The number of allylic oxidation sites excluding steroid dienone is 4. The number of fused-ring (bicyclic) bond motifs is 1. The molecule has 6 nitrogen and oxygen atoms in total. The van der Waals surface area contributed by atoms with Crippen molar-refractivity contribution in [2.24, 2.45) is 11.7 Å². The van der Waals surface area contributed by atoms with E-state index in [9.17, 15) is 4.79 Å². The van der Waals surface area contributed by atoms with Crippen molar-refractivity contribution in [2.45, 2.75) is 44.2 Å². The van der Waals surface area contributed by atoms with Crippen molar-refractivity contribution >= 4 is 23.3 Å². The SMILES string of the molecule is C[C@@H]1CCc2ncnc(N3CCN(C(=O)[C@@H](CN)C[C@@]4(F)C=CC(Cl)=CC4)CC3)c21. The second-order valence-electron chi connectivity index (χ2n) is 8.61. The number of alkyl halides is 1. The predicted molar refractivity (Wildman–Crippen MR) is 116 cm³/mol. The fourth-order valence-corrected chi connectivity index (χ4v) is 4.88. The molecule has 1 amide bonds. The van der Waals surface area contributed by atoms with E-state index >= 15 is 4.39 Å². The minimum Gasteiger partial charge on any atom is -0.353 e. The summed E-state index contributed by atoms with van der Waals surface area (Å²) in [4.78, 5) is 26.1. The van der Waals surface area contributed by atoms with Crippen LogP contribution in [0, 0.1) is 5.92 Å². The summed E-state index contributed by atoms with van der Waals surface area (Å²) in [5, 5.41) is 0.528. The fourth-order valence-electron chi connectivity index (χ4n) is 4.74. The third-order valence-electron chi connectivity index (χ3n) is 6.54. The lowest BCUT2D eigenvalue weighted by Crippen LogP contribution is -2.52. The topological polar surface area (TPSA) is 75.4 Å². The molecule has 1 aliphatic heterocycles. The van der Waals surface area contributed by atoms with Crippen LogP contribution >= 0.6 is 11.6 Å². The maximum atomic E-state index is 15.1. The number of anilines is 1. The summed E-state index contributed by atoms with van der Waals surface area (Å²) >= 11 is 5.90. The zero-order valence-electron chi connectivity index (χ0n) is 17.4. The summed E-state index contributed by atoms with van der Waals surface area (Å²) in [6.07, 6.45) is 8.68. The van der Waals surface area contributed by atoms with Gasteiger partial charge in [-0.3, -0.25) is 4.79 Å². The van der Waals surface area contributed by atoms with Crippen molar-refractivity contribution in [3.63, 3.8) is 0 Å². The largest absolute Gasteiger partial charge is 0.353 e. The molecule has 1 aromatic rings. The minimum absolute atomic E-state index is 0.0653. The molecule has 8 heteroatoms. The molecule has 3 aliphatic rings. The summed E-state index contributed by atoms with van der Waals surface area (Å²) in [5.41, 5.74) is 6.71. The van der Waals surface area contributed by atoms with Crippen LogP contribution in [0.25, 0.3) is 0 Å². The van der Waals surface area contributed by atoms with Gasteiger partial charge in [-0.2, -0.15) is 0 Å². The molecule has 2 heterocycles. The van der Waals surface area contributed by atoms with Crippen LogP contribution in [-0.2, 0) is 11.2 Å². The van der Waals surface area contributed by atoms with Crippen LogP contribution in [0.5, 0.6) is 0 Å². The van der Waals surface area contributed by atoms with E-state index in [1.165, 1.54) is 11.6 Å². The van der Waals surface area contributed by atoms with E-state index in [2.05, 4.69) is 21.8 Å². The van der Waals surface area contributed by atoms with E-state index < -0.39 is 11.6 Å². The van der Waals surface area contributed by atoms with Gasteiger partial charge < -0.3 is 15.5 Å². The Kier molecular flexibility index (Phi) is 6.11. The first kappa shape index (κ1) is 21.2. The number of nitrogens with zero attached hydrogens (tertiary/aromatic N) is 4. The van der Waals surface area contributed by atoms with Crippen LogP contribution in [0.15, 0.2) is 29.6 Å². The Labute approximate surface area is 182 Å². The third-order valence-corrected chi connectivity index (χ3v) is 6.82. The zero-order valence-corrected chi connectivity index (χ0v) is 18.1. The third kappa shape index (κ3) is 4.23. The molecule has 1 saturated heterocycles. The van der Waals surface area contributed by atoms with Crippen molar-refractivity contribution in [2.75, 3.05) is 37.6 Å². The second-order valence-corrected chi connectivity index (χ2v) is 9.04. The molecule has 0 radical (unpaired) electrons. The normalized spacial score (nSPS) is 27.1. The standard InChI is InChI=1S/C22H29ClFN5O/c1-15-2-3-18-19(15)20(27-14-26-18)28-8-10-29(11-9-28)21(30)16(13-25)12-22(24)6-4-17(23)5-7-22/h4-6,14-16H,2-3,7-13,25H2,1H3/t15-,16-,22-/m1/s1. The maximum Gasteiger partial charge on any atom is 0.227 e. The molecule has 162 valence electrons. The highest BCUT2D eigenvalue weighted by Crippen LogP contribution is 2.37. The summed E-state index contributed by atoms with van der Waals surface area (Å²) in [7, 11) is 0. The molecule has 3 atom stereocenters. The first-order valence-electron chi connectivity index (χ1n) is 10.7. The first-order valence-corrected chi connectivity index (χ1v) is 11.1. The highest BCUT2D eigenvalue weighted by atomic mass is 35.5. The van der Waals surface area contributed by atoms with Gasteiger partial charge in [0, 0.05) is 55.4 Å². The molecule has 1 fully saturated rings. The van der Waals surface area contributed by atoms with Crippen LogP contribution in [0.3, 0.4) is 0 Å². The van der Waals surface area contributed by atoms with Gasteiger partial charge in [-0.25, -0.2) is 14.4 Å². The lowest BCUT2D eigenvalue weighted by molar-refractivity contribution is -0.136. The Bertz CT molecular complexity index is 867. The molecule has 30 heavy (non-hydrogen) atoms. The van der Waals surface area contributed by atoms with Gasteiger partial charge in [0.2, 0.25) is 5.91 Å². The Morgan fingerprint density at radius 1 is 1.37 bits per heavy atom. The average molecular weight is 434 g/mol. The van der Waals surface area contributed by atoms with E-state index in [1.807, 2.05) is 4.90 Å². The summed E-state index contributed by atoms with van der Waals surface area (Å²) in [6, 6.07) is 0. The molecule has 0 spiro atoms. The molecule has 0 aromatic carbocycles. The van der Waals surface area contributed by atoms with Crippen LogP contribution in [0.2, 0.25) is 0 Å². The molecule has 2 aliphatic carbocycles. The summed E-state index contributed by atoms with van der Waals surface area (Å²) in [6.45, 7) is 4.94. The van der Waals surface area contributed by atoms with Gasteiger partial charge in [0.05, 0.1) is 5.92 Å². The van der Waals surface area contributed by atoms with E-state index in [0.717, 1.165) is 24.4 Å². The number of amides is 1. The number of aromatic nitrogens is 2. The Morgan fingerprint density at radius 3 is 2.80 bits per heavy atom. The number of carbonyl (C=O) groups excluding carboxylic acids is 1. The van der Waals surface area contributed by atoms with Crippen LogP contribution in [-0.4, -0.2) is 59.2 Å². The Hall–Kier alpha value is -1.99. The van der Waals surface area contributed by atoms with E-state index in [-0.39, 0.29) is 25.3 Å². The maximum absolute atomic E-state index is 15.1. The fraction of sp³-hybridized carbons (Fsp3) is 0.591. The van der Waals surface area contributed by atoms with Crippen LogP contribution < -0.4 is 10.6 Å². The van der Waals surface area contributed by atoms with Gasteiger partial charge in [-0.1, -0.05) is 24.6 Å². The molecule has 1 aromatic heterocycles. The smallest absolute Gasteiger partial charge is 0.227 e. The van der Waals surface area contributed by atoms with E-state index in [0.29, 0.717) is 37.1 Å². The first-order chi connectivity index (χ1) is 14.4. The number of rotatable bonds is 5. The molecule has 0 unspecified atom stereocenters. The van der Waals surface area contributed by atoms with Crippen LogP contribution in [0.1, 0.15) is 43.4 Å². The monoisotopic (exact) mass is 433 g/mol. The Morgan fingerprint density at radius 2 is 2.13 bits per heavy atom. The summed E-state index contributed by atoms with van der Waals surface area (Å²) in [5.74, 6) is 0.861. The van der Waals surface area contributed by atoms with E-state index in [4.69, 9.17) is 17.3 Å². The van der Waals surface area contributed by atoms with Gasteiger partial charge in [-0.15, -0.1) is 0 Å². The van der Waals surface area contributed by atoms with Gasteiger partial charge in [-0.05, 0) is 37.3 Å². The van der Waals surface area contributed by atoms with Crippen molar-refractivity contribution in [3.8, 4) is 0 Å². The minimum atomic E-state index is -1.57. The van der Waals surface area contributed by atoms with Gasteiger partial charge in [0.25, 0.3) is 0 Å². The molecule has 0 bridgehead atoms. The van der Waals surface area contributed by atoms with Crippen molar-refractivity contribution in [1.82, 2.24) is 14.9 Å². The van der Waals surface area contributed by atoms with Crippen molar-refractivity contribution in [3.05, 3.63) is 40.8 Å². The number of nitrogens with two attached hydrogens (primary N) is 1.